The maximum atomic E-state index is 10.5. The van der Waals surface area contributed by atoms with Gasteiger partial charge in [0.15, 0.2) is 5.01 Å². The first kappa shape index (κ1) is 10.2. The smallest absolute Gasteiger partial charge is 0.347 e. The van der Waals surface area contributed by atoms with E-state index in [4.69, 9.17) is 5.11 Å². The van der Waals surface area contributed by atoms with Crippen molar-refractivity contribution in [3.05, 3.63) is 16.1 Å². The van der Waals surface area contributed by atoms with Crippen LogP contribution in [0.5, 0.6) is 0 Å². The first-order valence-corrected chi connectivity index (χ1v) is 5.42. The van der Waals surface area contributed by atoms with Crippen LogP contribution in [0.4, 0.5) is 0 Å². The van der Waals surface area contributed by atoms with Gasteiger partial charge in [-0.2, -0.15) is 0 Å². The Kier molecular flexibility index (Phi) is 3.93. The van der Waals surface area contributed by atoms with Crippen LogP contribution in [0.15, 0.2) is 6.20 Å². The van der Waals surface area contributed by atoms with Crippen molar-refractivity contribution in [1.82, 2.24) is 4.98 Å². The fourth-order valence-corrected chi connectivity index (χ4v) is 1.44. The van der Waals surface area contributed by atoms with Gasteiger partial charge in [-0.05, 0) is 5.92 Å². The van der Waals surface area contributed by atoms with Crippen LogP contribution in [0.2, 0.25) is 0 Å². The van der Waals surface area contributed by atoms with Crippen LogP contribution in [-0.2, 0) is 0 Å². The number of halogens is 1. The molecule has 1 aromatic heterocycles. The molecule has 0 radical (unpaired) electrons. The average molecular weight is 260 g/mol. The van der Waals surface area contributed by atoms with Crippen LogP contribution in [-0.4, -0.2) is 21.4 Å². The Morgan fingerprint density at radius 3 is 3.08 bits per heavy atom. The summed E-state index contributed by atoms with van der Waals surface area (Å²) in [5.41, 5.74) is 0. The lowest BCUT2D eigenvalue weighted by Gasteiger charge is -1.79. The average Bonchev–Trinajstić information content (AvgIpc) is 2.53. The predicted molar refractivity (Wildman–Crippen MR) is 54.4 cm³/mol. The molecule has 0 aliphatic carbocycles. The minimum Gasteiger partial charge on any atom is -0.477 e. The van der Waals surface area contributed by atoms with Gasteiger partial charge in [0.05, 0.1) is 6.20 Å². The molecular weight excluding hydrogens is 254 g/mol. The van der Waals surface area contributed by atoms with Gasteiger partial charge in [-0.25, -0.2) is 9.78 Å². The number of thiazole rings is 1. The topological polar surface area (TPSA) is 50.2 Å². The molecular formula is C8H6BrNO2S. The van der Waals surface area contributed by atoms with Crippen LogP contribution in [0.25, 0.3) is 0 Å². The zero-order valence-corrected chi connectivity index (χ0v) is 8.98. The Labute approximate surface area is 87.9 Å². The van der Waals surface area contributed by atoms with Crippen molar-refractivity contribution in [3.8, 4) is 11.8 Å². The van der Waals surface area contributed by atoms with E-state index in [1.165, 1.54) is 6.20 Å². The highest BCUT2D eigenvalue weighted by molar-refractivity contribution is 9.09. The molecule has 1 heterocycles. The molecule has 0 aliphatic heterocycles. The van der Waals surface area contributed by atoms with E-state index in [-0.39, 0.29) is 4.88 Å². The van der Waals surface area contributed by atoms with E-state index in [0.29, 0.717) is 5.01 Å². The van der Waals surface area contributed by atoms with E-state index >= 15 is 0 Å². The number of aromatic nitrogens is 1. The fourth-order valence-electron chi connectivity index (χ4n) is 0.616. The molecule has 0 bridgehead atoms. The summed E-state index contributed by atoms with van der Waals surface area (Å²) in [6, 6.07) is 0. The van der Waals surface area contributed by atoms with Gasteiger partial charge in [-0.15, -0.1) is 0 Å². The van der Waals surface area contributed by atoms with Crippen LogP contribution in [0.3, 0.4) is 0 Å². The monoisotopic (exact) mass is 259 g/mol. The maximum Gasteiger partial charge on any atom is 0.347 e. The van der Waals surface area contributed by atoms with Gasteiger partial charge in [-0.3, -0.25) is 0 Å². The number of carboxylic acids is 1. The molecule has 3 nitrogen and oxygen atoms in total. The van der Waals surface area contributed by atoms with Gasteiger partial charge in [-0.1, -0.05) is 33.2 Å². The molecule has 0 unspecified atom stereocenters. The van der Waals surface area contributed by atoms with Gasteiger partial charge >= 0.3 is 5.97 Å². The predicted octanol–water partition coefficient (Wildman–Crippen LogP) is 1.98. The first-order chi connectivity index (χ1) is 6.24. The molecule has 0 atom stereocenters. The third-order valence-corrected chi connectivity index (χ3v) is 2.43. The number of rotatable bonds is 2. The molecule has 1 rings (SSSR count). The molecule has 0 spiro atoms. The number of hydrogen-bond donors (Lipinski definition) is 1. The minimum absolute atomic E-state index is 0.225. The van der Waals surface area contributed by atoms with Gasteiger partial charge in [0.25, 0.3) is 0 Å². The second kappa shape index (κ2) is 5.00. The normalized spacial score (nSPS) is 9.00. The van der Waals surface area contributed by atoms with Gasteiger partial charge in [0, 0.05) is 11.8 Å². The van der Waals surface area contributed by atoms with E-state index in [2.05, 4.69) is 32.8 Å². The summed E-state index contributed by atoms with van der Waals surface area (Å²) in [5, 5.41) is 9.96. The largest absolute Gasteiger partial charge is 0.477 e. The van der Waals surface area contributed by atoms with Gasteiger partial charge in [0.1, 0.15) is 4.88 Å². The Morgan fingerprint density at radius 1 is 1.77 bits per heavy atom. The highest BCUT2D eigenvalue weighted by Gasteiger charge is 2.05. The Morgan fingerprint density at radius 2 is 2.54 bits per heavy atom. The zero-order valence-electron chi connectivity index (χ0n) is 6.58. The van der Waals surface area contributed by atoms with E-state index in [1.807, 2.05) is 0 Å². The SMILES string of the molecule is O=C(O)c1cnc(C#CCCBr)s1. The van der Waals surface area contributed by atoms with Crippen molar-refractivity contribution in [2.75, 3.05) is 5.33 Å². The summed E-state index contributed by atoms with van der Waals surface area (Å²) in [4.78, 5) is 14.5. The number of carbonyl (C=O) groups is 1. The molecule has 0 amide bonds. The summed E-state index contributed by atoms with van der Waals surface area (Å²) >= 11 is 4.33. The van der Waals surface area contributed by atoms with E-state index in [9.17, 15) is 4.79 Å². The van der Waals surface area contributed by atoms with Crippen LogP contribution in [0, 0.1) is 11.8 Å². The minimum atomic E-state index is -0.953. The number of nitrogens with zero attached hydrogens (tertiary/aromatic N) is 1. The third kappa shape index (κ3) is 3.17. The second-order valence-electron chi connectivity index (χ2n) is 2.08. The van der Waals surface area contributed by atoms with Crippen molar-refractivity contribution >= 4 is 33.2 Å². The molecule has 0 aromatic carbocycles. The van der Waals surface area contributed by atoms with Crippen molar-refractivity contribution in [3.63, 3.8) is 0 Å². The summed E-state index contributed by atoms with van der Waals surface area (Å²) in [6.45, 7) is 0. The Hall–Kier alpha value is -0.860. The molecule has 68 valence electrons. The Balaban J connectivity index is 2.71. The van der Waals surface area contributed by atoms with Crippen LogP contribution in [0.1, 0.15) is 21.1 Å². The lowest BCUT2D eigenvalue weighted by Crippen LogP contribution is -1.89. The summed E-state index contributed by atoms with van der Waals surface area (Å²) in [7, 11) is 0. The van der Waals surface area contributed by atoms with E-state index in [0.717, 1.165) is 23.1 Å². The van der Waals surface area contributed by atoms with Gasteiger partial charge in [0.2, 0.25) is 0 Å². The van der Waals surface area contributed by atoms with Crippen molar-refractivity contribution < 1.29 is 9.90 Å². The molecule has 0 aliphatic rings. The van der Waals surface area contributed by atoms with Crippen molar-refractivity contribution in [1.29, 1.82) is 0 Å². The molecule has 1 N–H and O–H groups in total. The standard InChI is InChI=1S/C8H6BrNO2S/c9-4-2-1-3-7-10-5-6(13-7)8(11)12/h5H,2,4H2,(H,11,12). The lowest BCUT2D eigenvalue weighted by molar-refractivity contribution is 0.0702. The zero-order chi connectivity index (χ0) is 9.68. The number of hydrogen-bond acceptors (Lipinski definition) is 3. The maximum absolute atomic E-state index is 10.5. The second-order valence-corrected chi connectivity index (χ2v) is 3.90. The van der Waals surface area contributed by atoms with E-state index < -0.39 is 5.97 Å². The highest BCUT2D eigenvalue weighted by atomic mass is 79.9. The van der Waals surface area contributed by atoms with Crippen LogP contribution < -0.4 is 0 Å². The third-order valence-electron chi connectivity index (χ3n) is 1.13. The number of carboxylic acid groups (broad SMARTS) is 1. The summed E-state index contributed by atoms with van der Waals surface area (Å²) in [6.07, 6.45) is 2.06. The molecule has 0 saturated heterocycles. The fraction of sp³-hybridized carbons (Fsp3) is 0.250. The molecule has 0 saturated carbocycles. The summed E-state index contributed by atoms with van der Waals surface area (Å²) < 4.78 is 0. The quantitative estimate of drug-likeness (QED) is 0.653. The highest BCUT2D eigenvalue weighted by Crippen LogP contribution is 2.11. The van der Waals surface area contributed by atoms with Crippen molar-refractivity contribution in [2.24, 2.45) is 0 Å². The van der Waals surface area contributed by atoms with Crippen molar-refractivity contribution in [2.45, 2.75) is 6.42 Å². The van der Waals surface area contributed by atoms with E-state index in [1.54, 1.807) is 0 Å². The molecule has 1 aromatic rings. The first-order valence-electron chi connectivity index (χ1n) is 3.48. The van der Waals surface area contributed by atoms with Gasteiger partial charge < -0.3 is 5.11 Å². The van der Waals surface area contributed by atoms with Crippen LogP contribution >= 0.6 is 27.3 Å². The number of aromatic carboxylic acids is 1. The molecule has 5 heteroatoms. The lowest BCUT2D eigenvalue weighted by atomic mass is 10.5. The molecule has 13 heavy (non-hydrogen) atoms. The Bertz CT molecular complexity index is 364. The number of alkyl halides is 1. The molecule has 0 fully saturated rings. The summed E-state index contributed by atoms with van der Waals surface area (Å²) in [5.74, 6) is 4.69.